The molecule has 1 atom stereocenters. The van der Waals surface area contributed by atoms with Crippen molar-refractivity contribution in [3.8, 4) is 0 Å². The van der Waals surface area contributed by atoms with E-state index in [0.717, 1.165) is 37.7 Å². The number of aliphatic hydroxyl groups excluding tert-OH is 1. The number of aliphatic carboxylic acids is 2. The van der Waals surface area contributed by atoms with Gasteiger partial charge in [-0.15, -0.1) is 0 Å². The quantitative estimate of drug-likeness (QED) is 0.0627. The molecule has 0 heterocycles. The molecule has 0 spiro atoms. The van der Waals surface area contributed by atoms with Crippen molar-refractivity contribution < 1.29 is 72.6 Å². The second-order valence-corrected chi connectivity index (χ2v) is 21.9. The van der Waals surface area contributed by atoms with Gasteiger partial charge in [-0.1, -0.05) is 84.9 Å². The zero-order valence-corrected chi connectivity index (χ0v) is 48.4. The first kappa shape index (κ1) is 73.7. The van der Waals surface area contributed by atoms with Crippen molar-refractivity contribution in [1.82, 2.24) is 0 Å². The Morgan fingerprint density at radius 1 is 0.542 bits per heavy atom. The van der Waals surface area contributed by atoms with Crippen molar-refractivity contribution in [2.75, 3.05) is 20.3 Å². The van der Waals surface area contributed by atoms with Gasteiger partial charge in [0.25, 0.3) is 0 Å². The zero-order chi connectivity index (χ0) is 57.3. The second kappa shape index (κ2) is 36.2. The molecule has 2 rings (SSSR count). The van der Waals surface area contributed by atoms with Crippen molar-refractivity contribution in [3.05, 3.63) is 48.0 Å². The molecular weight excluding hydrogens is 925 g/mol. The third-order valence-electron chi connectivity index (χ3n) is 13.1. The van der Waals surface area contributed by atoms with E-state index in [1.807, 2.05) is 113 Å². The molecule has 0 radical (unpaired) electrons. The standard InChI is InChI=1S/C13H22O5.C13H18O2.C12H22O2.C7H14O2.2C6H12O2/c1-6-13(4,5)12(16)18-8-10(14)7-17-11(15)9(2)3;1-4-13(2,3)12(14)15-10-11-8-6-5-7-9-11;1-4-12(2,3)11(13)14-10-8-6-5-7-9-10;1-5-7(2,3)6(8)9-4;2*1-4-6(2,3)5(7)8/h10,14H,2,6-8H2,1,3-5H3;5-9H,4,10H2,1-3H3;10H,4-9H2,1-3H3;5H2,1-4H3;2*4H2,1-3H3,(H,7,8). The Morgan fingerprint density at radius 3 is 1.21 bits per heavy atom. The summed E-state index contributed by atoms with van der Waals surface area (Å²) in [5.41, 5.74) is -1.38. The van der Waals surface area contributed by atoms with Gasteiger partial charge in [0.15, 0.2) is 0 Å². The van der Waals surface area contributed by atoms with Crippen molar-refractivity contribution >= 4 is 41.8 Å². The lowest BCUT2D eigenvalue weighted by atomic mass is 9.90. The Balaban J connectivity index is -0.000000396. The van der Waals surface area contributed by atoms with Crippen LogP contribution in [-0.2, 0) is 63.9 Å². The van der Waals surface area contributed by atoms with Crippen molar-refractivity contribution in [2.45, 2.75) is 221 Å². The summed E-state index contributed by atoms with van der Waals surface area (Å²) in [4.78, 5) is 77.4. The fourth-order valence-electron chi connectivity index (χ4n) is 4.28. The number of benzene rings is 1. The van der Waals surface area contributed by atoms with E-state index < -0.39 is 40.3 Å². The van der Waals surface area contributed by atoms with E-state index in [9.17, 15) is 38.7 Å². The van der Waals surface area contributed by atoms with Gasteiger partial charge in [-0.3, -0.25) is 28.8 Å². The number of carbonyl (C=O) groups is 7. The molecular formula is C57H100O15. The van der Waals surface area contributed by atoms with Gasteiger partial charge in [-0.05, 0) is 160 Å². The van der Waals surface area contributed by atoms with E-state index >= 15 is 0 Å². The van der Waals surface area contributed by atoms with Crippen LogP contribution >= 0.6 is 0 Å². The Morgan fingerprint density at radius 2 is 0.889 bits per heavy atom. The fourth-order valence-corrected chi connectivity index (χ4v) is 4.28. The van der Waals surface area contributed by atoms with Gasteiger partial charge in [-0.25, -0.2) is 4.79 Å². The number of ether oxygens (including phenoxy) is 5. The Bertz CT molecular complexity index is 1720. The molecule has 3 N–H and O–H groups in total. The maximum atomic E-state index is 11.7. The molecule has 0 amide bonds. The van der Waals surface area contributed by atoms with E-state index in [0.29, 0.717) is 25.9 Å². The monoisotopic (exact) mass is 1020 g/mol. The molecule has 418 valence electrons. The van der Waals surface area contributed by atoms with E-state index in [1.165, 1.54) is 33.3 Å². The highest BCUT2D eigenvalue weighted by molar-refractivity contribution is 5.87. The van der Waals surface area contributed by atoms with Gasteiger partial charge in [0.2, 0.25) is 0 Å². The first-order chi connectivity index (χ1) is 32.9. The summed E-state index contributed by atoms with van der Waals surface area (Å²) in [6.45, 7) is 38.4. The van der Waals surface area contributed by atoms with Crippen LogP contribution in [0.4, 0.5) is 0 Å². The van der Waals surface area contributed by atoms with Gasteiger partial charge in [0, 0.05) is 5.57 Å². The lowest BCUT2D eigenvalue weighted by molar-refractivity contribution is -0.161. The summed E-state index contributed by atoms with van der Waals surface area (Å²) in [6, 6.07) is 9.72. The van der Waals surface area contributed by atoms with E-state index in [1.54, 1.807) is 41.5 Å². The molecule has 1 fully saturated rings. The Kier molecular flexibility index (Phi) is 37.1. The largest absolute Gasteiger partial charge is 0.481 e. The molecule has 72 heavy (non-hydrogen) atoms. The molecule has 15 heteroatoms. The van der Waals surface area contributed by atoms with E-state index in [2.05, 4.69) is 11.3 Å². The highest BCUT2D eigenvalue weighted by atomic mass is 16.6. The van der Waals surface area contributed by atoms with Gasteiger partial charge >= 0.3 is 41.8 Å². The third-order valence-corrected chi connectivity index (χ3v) is 13.1. The molecule has 0 aliphatic heterocycles. The normalized spacial score (nSPS) is 13.2. The second-order valence-electron chi connectivity index (χ2n) is 21.9. The van der Waals surface area contributed by atoms with E-state index in [-0.39, 0.29) is 65.0 Å². The lowest BCUT2D eigenvalue weighted by Gasteiger charge is -2.27. The van der Waals surface area contributed by atoms with Crippen LogP contribution in [0.5, 0.6) is 0 Å². The van der Waals surface area contributed by atoms with Crippen LogP contribution in [0.1, 0.15) is 208 Å². The number of carbonyl (C=O) groups excluding carboxylic acids is 5. The van der Waals surface area contributed by atoms with Crippen LogP contribution in [0, 0.1) is 32.5 Å². The maximum absolute atomic E-state index is 11.7. The molecule has 1 aliphatic carbocycles. The number of methoxy groups -OCH3 is 1. The van der Waals surface area contributed by atoms with Crippen LogP contribution in [0.2, 0.25) is 0 Å². The molecule has 1 aliphatic rings. The lowest BCUT2D eigenvalue weighted by Crippen LogP contribution is -2.31. The van der Waals surface area contributed by atoms with E-state index in [4.69, 9.17) is 29.2 Å². The predicted molar refractivity (Wildman–Crippen MR) is 284 cm³/mol. The van der Waals surface area contributed by atoms with Gasteiger partial charge in [0.1, 0.15) is 32.0 Å². The van der Waals surface area contributed by atoms with Crippen LogP contribution in [-0.4, -0.2) is 89.6 Å². The minimum Gasteiger partial charge on any atom is -0.481 e. The average Bonchev–Trinajstić information content (AvgIpc) is 3.34. The summed E-state index contributed by atoms with van der Waals surface area (Å²) < 4.78 is 25.0. The fraction of sp³-hybridized carbons (Fsp3) is 0.737. The SMILES string of the molecule is C=C(C)C(=O)OCC(O)COC(=O)C(C)(C)CC.CCC(C)(C)C(=O)O.CCC(C)(C)C(=O)O.CCC(C)(C)C(=O)OC.CCC(C)(C)C(=O)OC1CCCCC1.CCC(C)(C)C(=O)OCc1ccccc1. The molecule has 0 aromatic heterocycles. The molecule has 0 bridgehead atoms. The van der Waals surface area contributed by atoms with Gasteiger partial charge < -0.3 is 39.0 Å². The maximum Gasteiger partial charge on any atom is 0.333 e. The third kappa shape index (κ3) is 33.0. The Hall–Kier alpha value is -4.79. The number of rotatable bonds is 20. The van der Waals surface area contributed by atoms with Crippen LogP contribution in [0.25, 0.3) is 0 Å². The van der Waals surface area contributed by atoms with Crippen molar-refractivity contribution in [1.29, 1.82) is 0 Å². The highest BCUT2D eigenvalue weighted by Gasteiger charge is 2.31. The Labute approximate surface area is 434 Å². The minimum atomic E-state index is -1.02. The number of esters is 5. The van der Waals surface area contributed by atoms with Gasteiger partial charge in [-0.2, -0.15) is 0 Å². The highest BCUT2D eigenvalue weighted by Crippen LogP contribution is 2.27. The molecule has 1 saturated carbocycles. The number of carboxylic acids is 2. The summed E-state index contributed by atoms with van der Waals surface area (Å²) >= 11 is 0. The minimum absolute atomic E-state index is 0.0214. The van der Waals surface area contributed by atoms with Gasteiger partial charge in [0.05, 0.1) is 39.6 Å². The first-order valence-electron chi connectivity index (χ1n) is 25.5. The molecule has 15 nitrogen and oxygen atoms in total. The number of hydrogen-bond donors (Lipinski definition) is 3. The molecule has 1 aromatic carbocycles. The average molecular weight is 1030 g/mol. The molecule has 1 unspecified atom stereocenters. The van der Waals surface area contributed by atoms with Crippen LogP contribution < -0.4 is 0 Å². The molecule has 0 saturated heterocycles. The molecule has 1 aromatic rings. The summed E-state index contributed by atoms with van der Waals surface area (Å²) in [5, 5.41) is 26.4. The number of carboxylic acid groups (broad SMARTS) is 2. The van der Waals surface area contributed by atoms with Crippen molar-refractivity contribution in [3.63, 3.8) is 0 Å². The predicted octanol–water partition coefficient (Wildman–Crippen LogP) is 12.5. The van der Waals surface area contributed by atoms with Crippen LogP contribution in [0.15, 0.2) is 42.5 Å². The van der Waals surface area contributed by atoms with Crippen molar-refractivity contribution in [2.24, 2.45) is 32.5 Å². The number of aliphatic hydroxyl groups is 1. The summed E-state index contributed by atoms with van der Waals surface area (Å²) in [5.74, 6) is -2.68. The summed E-state index contributed by atoms with van der Waals surface area (Å²) in [6.07, 6.45) is 9.49. The van der Waals surface area contributed by atoms with Crippen LogP contribution in [0.3, 0.4) is 0 Å². The first-order valence-corrected chi connectivity index (χ1v) is 25.5. The number of hydrogen-bond acceptors (Lipinski definition) is 13. The topological polar surface area (TPSA) is 226 Å². The summed E-state index contributed by atoms with van der Waals surface area (Å²) in [7, 11) is 1.42. The zero-order valence-electron chi connectivity index (χ0n) is 48.4. The smallest absolute Gasteiger partial charge is 0.333 e.